The van der Waals surface area contributed by atoms with E-state index in [4.69, 9.17) is 0 Å². The van der Waals surface area contributed by atoms with Crippen LogP contribution in [-0.4, -0.2) is 5.91 Å². The Bertz CT molecular complexity index is 445. The van der Waals surface area contributed by atoms with Crippen LogP contribution >= 0.6 is 0 Å². The van der Waals surface area contributed by atoms with Gasteiger partial charge in [-0.05, 0) is 17.5 Å². The number of rotatable bonds is 2. The maximum absolute atomic E-state index is 13.4. The summed E-state index contributed by atoms with van der Waals surface area (Å²) in [6.07, 6.45) is 0.787. The second-order valence-electron chi connectivity index (χ2n) is 4.20. The molecule has 4 heteroatoms. The van der Waals surface area contributed by atoms with E-state index >= 15 is 0 Å². The summed E-state index contributed by atoms with van der Waals surface area (Å²) in [6, 6.07) is 2.03. The molecule has 1 amide bonds. The van der Waals surface area contributed by atoms with Crippen LogP contribution in [0.2, 0.25) is 0 Å². The number of halogens is 2. The number of anilines is 1. The van der Waals surface area contributed by atoms with Crippen LogP contribution in [0.1, 0.15) is 31.7 Å². The Balaban J connectivity index is 2.52. The van der Waals surface area contributed by atoms with Crippen LogP contribution in [0.3, 0.4) is 0 Å². The van der Waals surface area contributed by atoms with Gasteiger partial charge in [-0.25, -0.2) is 8.78 Å². The van der Waals surface area contributed by atoms with Crippen molar-refractivity contribution in [3.63, 3.8) is 0 Å². The normalized spacial score (nSPS) is 20.5. The molecule has 16 heavy (non-hydrogen) atoms. The van der Waals surface area contributed by atoms with Gasteiger partial charge in [-0.1, -0.05) is 20.3 Å². The molecule has 1 aliphatic rings. The molecule has 1 aromatic rings. The molecule has 0 fully saturated rings. The molecule has 0 aliphatic carbocycles. The van der Waals surface area contributed by atoms with Crippen LogP contribution in [0.4, 0.5) is 14.5 Å². The zero-order valence-electron chi connectivity index (χ0n) is 9.18. The van der Waals surface area contributed by atoms with Crippen molar-refractivity contribution in [1.82, 2.24) is 0 Å². The number of fused-ring (bicyclic) bond motifs is 1. The second-order valence-corrected chi connectivity index (χ2v) is 4.20. The molecule has 0 spiro atoms. The van der Waals surface area contributed by atoms with E-state index in [9.17, 15) is 13.6 Å². The fraction of sp³-hybridized carbons (Fsp3) is 0.417. The fourth-order valence-electron chi connectivity index (χ4n) is 2.11. The van der Waals surface area contributed by atoms with Crippen molar-refractivity contribution >= 4 is 11.6 Å². The third kappa shape index (κ3) is 1.58. The molecule has 2 rings (SSSR count). The number of carbonyl (C=O) groups excluding carboxylic acids is 1. The Labute approximate surface area is 92.7 Å². The van der Waals surface area contributed by atoms with Gasteiger partial charge < -0.3 is 5.32 Å². The third-order valence-electron chi connectivity index (χ3n) is 3.16. The van der Waals surface area contributed by atoms with Crippen molar-refractivity contribution < 1.29 is 13.6 Å². The number of benzene rings is 1. The maximum atomic E-state index is 13.4. The Hall–Kier alpha value is -1.45. The summed E-state index contributed by atoms with van der Waals surface area (Å²) >= 11 is 0. The molecule has 0 saturated heterocycles. The van der Waals surface area contributed by atoms with Crippen LogP contribution in [0.25, 0.3) is 0 Å². The van der Waals surface area contributed by atoms with Crippen LogP contribution in [-0.2, 0) is 4.79 Å². The molecule has 2 atom stereocenters. The Morgan fingerprint density at radius 3 is 2.75 bits per heavy atom. The molecule has 0 radical (unpaired) electrons. The lowest BCUT2D eigenvalue weighted by molar-refractivity contribution is -0.118. The van der Waals surface area contributed by atoms with E-state index in [1.807, 2.05) is 13.8 Å². The third-order valence-corrected chi connectivity index (χ3v) is 3.16. The lowest BCUT2D eigenvalue weighted by atomic mass is 9.86. The van der Waals surface area contributed by atoms with Gasteiger partial charge in [0.15, 0.2) is 0 Å². The Morgan fingerprint density at radius 1 is 1.44 bits per heavy atom. The summed E-state index contributed by atoms with van der Waals surface area (Å²) in [4.78, 5) is 11.7. The predicted molar refractivity (Wildman–Crippen MR) is 57.2 cm³/mol. The Kier molecular flexibility index (Phi) is 2.66. The van der Waals surface area contributed by atoms with Crippen molar-refractivity contribution in [2.24, 2.45) is 5.92 Å². The van der Waals surface area contributed by atoms with Crippen LogP contribution in [0.5, 0.6) is 0 Å². The first-order valence-corrected chi connectivity index (χ1v) is 5.34. The van der Waals surface area contributed by atoms with E-state index in [1.165, 1.54) is 6.07 Å². The molecule has 2 nitrogen and oxygen atoms in total. The molecule has 1 N–H and O–H groups in total. The topological polar surface area (TPSA) is 29.1 Å². The quantitative estimate of drug-likeness (QED) is 0.823. The van der Waals surface area contributed by atoms with E-state index in [0.29, 0.717) is 5.56 Å². The highest BCUT2D eigenvalue weighted by molar-refractivity contribution is 6.03. The summed E-state index contributed by atoms with van der Waals surface area (Å²) in [7, 11) is 0. The molecule has 2 unspecified atom stereocenters. The lowest BCUT2D eigenvalue weighted by Gasteiger charge is -2.15. The molecule has 1 aliphatic heterocycles. The van der Waals surface area contributed by atoms with Gasteiger partial charge in [-0.15, -0.1) is 0 Å². The SMILES string of the molecule is CCC(C)C1C(=O)Nc2c(F)cc(F)cc21. The van der Waals surface area contributed by atoms with Gasteiger partial charge in [0.25, 0.3) is 0 Å². The minimum Gasteiger partial charge on any atom is -0.323 e. The van der Waals surface area contributed by atoms with E-state index in [2.05, 4.69) is 5.32 Å². The predicted octanol–water partition coefficient (Wildman–Crippen LogP) is 3.05. The average Bonchev–Trinajstić information content (AvgIpc) is 2.54. The number of nitrogens with one attached hydrogen (secondary N) is 1. The van der Waals surface area contributed by atoms with E-state index < -0.39 is 17.6 Å². The van der Waals surface area contributed by atoms with E-state index in [0.717, 1.165) is 12.5 Å². The van der Waals surface area contributed by atoms with Crippen molar-refractivity contribution in [1.29, 1.82) is 0 Å². The van der Waals surface area contributed by atoms with Gasteiger partial charge in [0, 0.05) is 6.07 Å². The molecular formula is C12H13F2NO. The molecule has 0 saturated carbocycles. The zero-order chi connectivity index (χ0) is 11.9. The average molecular weight is 225 g/mol. The summed E-state index contributed by atoms with van der Waals surface area (Å²) in [5.41, 5.74) is 0.577. The first kappa shape index (κ1) is 11.0. The largest absolute Gasteiger partial charge is 0.323 e. The first-order valence-electron chi connectivity index (χ1n) is 5.34. The van der Waals surface area contributed by atoms with Crippen molar-refractivity contribution in [3.05, 3.63) is 29.3 Å². The monoisotopic (exact) mass is 225 g/mol. The minimum atomic E-state index is -0.700. The van der Waals surface area contributed by atoms with Crippen LogP contribution in [0, 0.1) is 17.6 Å². The fourth-order valence-corrected chi connectivity index (χ4v) is 2.11. The molecule has 1 heterocycles. The number of amides is 1. The Morgan fingerprint density at radius 2 is 2.12 bits per heavy atom. The van der Waals surface area contributed by atoms with Gasteiger partial charge in [-0.3, -0.25) is 4.79 Å². The standard InChI is InChI=1S/C12H13F2NO/c1-3-6(2)10-8-4-7(13)5-9(14)11(8)15-12(10)16/h4-6,10H,3H2,1-2H3,(H,15,16). The summed E-state index contributed by atoms with van der Waals surface area (Å²) < 4.78 is 26.5. The lowest BCUT2D eigenvalue weighted by Crippen LogP contribution is -2.18. The number of hydrogen-bond donors (Lipinski definition) is 1. The van der Waals surface area contributed by atoms with Gasteiger partial charge in [-0.2, -0.15) is 0 Å². The summed E-state index contributed by atoms with van der Waals surface area (Å²) in [6.45, 7) is 3.85. The maximum Gasteiger partial charge on any atom is 0.232 e. The molecule has 1 aromatic carbocycles. The zero-order valence-corrected chi connectivity index (χ0v) is 9.18. The highest BCUT2D eigenvalue weighted by Crippen LogP contribution is 2.40. The van der Waals surface area contributed by atoms with E-state index in [-0.39, 0.29) is 17.5 Å². The second kappa shape index (κ2) is 3.85. The van der Waals surface area contributed by atoms with Crippen LogP contribution < -0.4 is 5.32 Å². The number of hydrogen-bond acceptors (Lipinski definition) is 1. The molecule has 0 aromatic heterocycles. The number of carbonyl (C=O) groups is 1. The smallest absolute Gasteiger partial charge is 0.232 e. The minimum absolute atomic E-state index is 0.0717. The van der Waals surface area contributed by atoms with Gasteiger partial charge >= 0.3 is 0 Å². The molecule has 0 bridgehead atoms. The van der Waals surface area contributed by atoms with Gasteiger partial charge in [0.05, 0.1) is 11.6 Å². The van der Waals surface area contributed by atoms with Crippen LogP contribution in [0.15, 0.2) is 12.1 Å². The molecule has 86 valence electrons. The highest BCUT2D eigenvalue weighted by Gasteiger charge is 2.36. The van der Waals surface area contributed by atoms with Gasteiger partial charge in [0.1, 0.15) is 11.6 Å². The summed E-state index contributed by atoms with van der Waals surface area (Å²) in [5.74, 6) is -1.95. The van der Waals surface area contributed by atoms with Gasteiger partial charge in [0.2, 0.25) is 5.91 Å². The summed E-state index contributed by atoms with van der Waals surface area (Å²) in [5, 5.41) is 2.48. The molecular weight excluding hydrogens is 212 g/mol. The van der Waals surface area contributed by atoms with E-state index in [1.54, 1.807) is 0 Å². The highest BCUT2D eigenvalue weighted by atomic mass is 19.1. The first-order chi connectivity index (χ1) is 7.54. The van der Waals surface area contributed by atoms with Crippen molar-refractivity contribution in [2.75, 3.05) is 5.32 Å². The van der Waals surface area contributed by atoms with Crippen molar-refractivity contribution in [3.8, 4) is 0 Å². The van der Waals surface area contributed by atoms with Crippen molar-refractivity contribution in [2.45, 2.75) is 26.2 Å².